The van der Waals surface area contributed by atoms with Gasteiger partial charge in [-0.2, -0.15) is 13.2 Å². The molecule has 0 unspecified atom stereocenters. The molecule has 0 aromatic heterocycles. The number of carbonyl (C=O) groups is 1. The molecule has 0 aliphatic carbocycles. The van der Waals surface area contributed by atoms with Crippen LogP contribution < -0.4 is 16.0 Å². The maximum atomic E-state index is 13.5. The van der Waals surface area contributed by atoms with Gasteiger partial charge in [0.25, 0.3) is 0 Å². The second-order valence-corrected chi connectivity index (χ2v) is 10.7. The first-order valence-electron chi connectivity index (χ1n) is 12.9. The number of ether oxygens (including phenoxy) is 2. The van der Waals surface area contributed by atoms with Crippen LogP contribution in [0.3, 0.4) is 0 Å². The molecule has 2 aliphatic heterocycles. The van der Waals surface area contributed by atoms with E-state index in [-0.39, 0.29) is 18.1 Å². The van der Waals surface area contributed by atoms with Gasteiger partial charge in [0.2, 0.25) is 0 Å². The number of benzene rings is 2. The molecular weight excluding hydrogens is 483 g/mol. The fourth-order valence-electron chi connectivity index (χ4n) is 5.05. The topological polar surface area (TPSA) is 71.6 Å². The molecule has 1 saturated heterocycles. The zero-order valence-electron chi connectivity index (χ0n) is 21.5. The molecule has 1 amide bonds. The Morgan fingerprint density at radius 3 is 2.54 bits per heavy atom. The molecule has 9 heteroatoms. The SMILES string of the molecule is CC(C)(C)OC(=O)NCCCNC[C@H]1CC[C@@H]2[C@H](O1)c1cc(C(F)(F)F)ccc1N[C@H]2c1ccccc1. The fourth-order valence-corrected chi connectivity index (χ4v) is 5.05. The van der Waals surface area contributed by atoms with Gasteiger partial charge in [0.05, 0.1) is 23.8 Å². The smallest absolute Gasteiger partial charge is 0.416 e. The monoisotopic (exact) mass is 519 g/mol. The van der Waals surface area contributed by atoms with Crippen LogP contribution in [0.2, 0.25) is 0 Å². The van der Waals surface area contributed by atoms with Gasteiger partial charge in [-0.15, -0.1) is 0 Å². The maximum Gasteiger partial charge on any atom is 0.416 e. The van der Waals surface area contributed by atoms with Crippen LogP contribution in [0.5, 0.6) is 0 Å². The van der Waals surface area contributed by atoms with Crippen LogP contribution in [0, 0.1) is 5.92 Å². The first-order chi connectivity index (χ1) is 17.5. The van der Waals surface area contributed by atoms with Gasteiger partial charge in [-0.1, -0.05) is 30.3 Å². The zero-order chi connectivity index (χ0) is 26.6. The number of halogens is 3. The minimum Gasteiger partial charge on any atom is -0.444 e. The van der Waals surface area contributed by atoms with Crippen molar-refractivity contribution in [2.24, 2.45) is 5.92 Å². The molecule has 6 nitrogen and oxygen atoms in total. The molecule has 2 aliphatic rings. The highest BCUT2D eigenvalue weighted by Gasteiger charge is 2.43. The number of fused-ring (bicyclic) bond motifs is 3. The van der Waals surface area contributed by atoms with Crippen LogP contribution in [0.4, 0.5) is 23.7 Å². The van der Waals surface area contributed by atoms with E-state index in [0.29, 0.717) is 30.9 Å². The number of hydrogen-bond acceptors (Lipinski definition) is 5. The van der Waals surface area contributed by atoms with Crippen molar-refractivity contribution in [3.05, 3.63) is 65.2 Å². The summed E-state index contributed by atoms with van der Waals surface area (Å²) in [5, 5.41) is 9.58. The number of carbonyl (C=O) groups excluding carboxylic acids is 1. The van der Waals surface area contributed by atoms with E-state index in [4.69, 9.17) is 9.47 Å². The Kier molecular flexibility index (Phi) is 8.33. The second-order valence-electron chi connectivity index (χ2n) is 10.7. The predicted molar refractivity (Wildman–Crippen MR) is 136 cm³/mol. The number of alkyl halides is 3. The van der Waals surface area contributed by atoms with Gasteiger partial charge in [-0.3, -0.25) is 0 Å². The summed E-state index contributed by atoms with van der Waals surface area (Å²) in [6, 6.07) is 13.8. The van der Waals surface area contributed by atoms with Crippen molar-refractivity contribution in [2.75, 3.05) is 25.0 Å². The number of nitrogens with one attached hydrogen (secondary N) is 3. The van der Waals surface area contributed by atoms with Crippen LogP contribution in [0.1, 0.15) is 68.9 Å². The van der Waals surface area contributed by atoms with Crippen LogP contribution >= 0.6 is 0 Å². The van der Waals surface area contributed by atoms with E-state index in [2.05, 4.69) is 16.0 Å². The molecule has 0 saturated carbocycles. The summed E-state index contributed by atoms with van der Waals surface area (Å²) in [5.74, 6) is 0.0210. The Morgan fingerprint density at radius 2 is 1.84 bits per heavy atom. The Bertz CT molecular complexity index is 1060. The minimum absolute atomic E-state index is 0.0210. The summed E-state index contributed by atoms with van der Waals surface area (Å²) in [5.41, 5.74) is 1.15. The van der Waals surface area contributed by atoms with E-state index < -0.39 is 29.5 Å². The Labute approximate surface area is 216 Å². The van der Waals surface area contributed by atoms with Crippen molar-refractivity contribution in [2.45, 2.75) is 70.1 Å². The number of anilines is 1. The van der Waals surface area contributed by atoms with Gasteiger partial charge in [0, 0.05) is 30.3 Å². The highest BCUT2D eigenvalue weighted by atomic mass is 19.4. The summed E-state index contributed by atoms with van der Waals surface area (Å²) >= 11 is 0. The third kappa shape index (κ3) is 7.17. The van der Waals surface area contributed by atoms with Gasteiger partial charge in [-0.25, -0.2) is 4.79 Å². The normalized spacial score (nSPS) is 23.4. The summed E-state index contributed by atoms with van der Waals surface area (Å²) < 4.78 is 52.2. The molecule has 2 aromatic rings. The van der Waals surface area contributed by atoms with E-state index in [1.165, 1.54) is 12.1 Å². The molecule has 4 rings (SSSR count). The van der Waals surface area contributed by atoms with Gasteiger partial charge >= 0.3 is 12.3 Å². The van der Waals surface area contributed by atoms with Gasteiger partial charge in [0.15, 0.2) is 0 Å². The first-order valence-corrected chi connectivity index (χ1v) is 12.9. The van der Waals surface area contributed by atoms with E-state index in [1.54, 1.807) is 0 Å². The lowest BCUT2D eigenvalue weighted by Gasteiger charge is -2.46. The van der Waals surface area contributed by atoms with Crippen molar-refractivity contribution in [3.63, 3.8) is 0 Å². The lowest BCUT2D eigenvalue weighted by atomic mass is 9.76. The second kappa shape index (κ2) is 11.3. The summed E-state index contributed by atoms with van der Waals surface area (Å²) in [6.07, 6.45) is -3.04. The lowest BCUT2D eigenvalue weighted by Crippen LogP contribution is -2.42. The standard InChI is InChI=1S/C28H36F3N3O3/c1-27(2,3)37-26(35)33-15-7-14-32-17-20-11-12-21-24(18-8-5-4-6-9-18)34-23-13-10-19(28(29,30)31)16-22(23)25(21)36-20/h4-6,8-10,13,16,20-21,24-25,32,34H,7,11-12,14-15,17H2,1-3H3,(H,33,35)/t20-,21+,24+,25+/m1/s1. The highest BCUT2D eigenvalue weighted by molar-refractivity contribution is 5.67. The minimum atomic E-state index is -4.41. The molecule has 2 heterocycles. The number of alkyl carbamates (subject to hydrolysis) is 1. The predicted octanol–water partition coefficient (Wildman–Crippen LogP) is 6.21. The Hall–Kier alpha value is -2.78. The molecule has 4 atom stereocenters. The number of amides is 1. The average molecular weight is 520 g/mol. The van der Waals surface area contributed by atoms with Crippen molar-refractivity contribution in [1.82, 2.24) is 10.6 Å². The maximum absolute atomic E-state index is 13.5. The molecular formula is C28H36F3N3O3. The molecule has 37 heavy (non-hydrogen) atoms. The molecule has 0 bridgehead atoms. The molecule has 202 valence electrons. The van der Waals surface area contributed by atoms with Crippen molar-refractivity contribution in [1.29, 1.82) is 0 Å². The van der Waals surface area contributed by atoms with Crippen molar-refractivity contribution >= 4 is 11.8 Å². The number of rotatable bonds is 7. The van der Waals surface area contributed by atoms with Crippen molar-refractivity contribution in [3.8, 4) is 0 Å². The summed E-state index contributed by atoms with van der Waals surface area (Å²) in [6.45, 7) is 7.19. The summed E-state index contributed by atoms with van der Waals surface area (Å²) in [4.78, 5) is 11.7. The molecule has 3 N–H and O–H groups in total. The third-order valence-corrected chi connectivity index (χ3v) is 6.70. The van der Waals surface area contributed by atoms with E-state index >= 15 is 0 Å². The Balaban J connectivity index is 1.38. The molecule has 0 radical (unpaired) electrons. The zero-order valence-corrected chi connectivity index (χ0v) is 21.5. The van der Waals surface area contributed by atoms with Crippen LogP contribution in [0.15, 0.2) is 48.5 Å². The number of hydrogen-bond donors (Lipinski definition) is 3. The first kappa shape index (κ1) is 27.3. The Morgan fingerprint density at radius 1 is 1.08 bits per heavy atom. The van der Waals surface area contributed by atoms with E-state index in [0.717, 1.165) is 30.9 Å². The van der Waals surface area contributed by atoms with Crippen molar-refractivity contribution < 1.29 is 27.4 Å². The van der Waals surface area contributed by atoms with E-state index in [9.17, 15) is 18.0 Å². The average Bonchev–Trinajstić information content (AvgIpc) is 2.84. The molecule has 1 fully saturated rings. The quantitative estimate of drug-likeness (QED) is 0.379. The van der Waals surface area contributed by atoms with Crippen LogP contribution in [-0.4, -0.2) is 37.4 Å². The lowest BCUT2D eigenvalue weighted by molar-refractivity contribution is -0.138. The highest BCUT2D eigenvalue weighted by Crippen LogP contribution is 2.51. The van der Waals surface area contributed by atoms with Gasteiger partial charge < -0.3 is 25.4 Å². The van der Waals surface area contributed by atoms with Gasteiger partial charge in [0.1, 0.15) is 5.60 Å². The van der Waals surface area contributed by atoms with E-state index in [1.807, 2.05) is 51.1 Å². The third-order valence-electron chi connectivity index (χ3n) is 6.70. The fraction of sp³-hybridized carbons (Fsp3) is 0.536. The van der Waals surface area contributed by atoms with Gasteiger partial charge in [-0.05, 0) is 70.3 Å². The molecule has 0 spiro atoms. The molecule has 2 aromatic carbocycles. The van der Waals surface area contributed by atoms with Crippen LogP contribution in [-0.2, 0) is 15.7 Å². The largest absolute Gasteiger partial charge is 0.444 e. The summed E-state index contributed by atoms with van der Waals surface area (Å²) in [7, 11) is 0. The van der Waals surface area contributed by atoms with Crippen LogP contribution in [0.25, 0.3) is 0 Å².